The molecule has 8 nitrogen and oxygen atoms in total. The first-order valence-corrected chi connectivity index (χ1v) is 15.6. The van der Waals surface area contributed by atoms with Crippen molar-refractivity contribution in [3.63, 3.8) is 0 Å². The van der Waals surface area contributed by atoms with Crippen LogP contribution in [0, 0.1) is 5.92 Å². The highest BCUT2D eigenvalue weighted by Crippen LogP contribution is 2.28. The average molecular weight is 574 g/mol. The van der Waals surface area contributed by atoms with Gasteiger partial charge in [0.1, 0.15) is 5.82 Å². The van der Waals surface area contributed by atoms with E-state index in [1.165, 1.54) is 0 Å². The van der Waals surface area contributed by atoms with Crippen LogP contribution < -0.4 is 4.90 Å². The molecule has 2 aliphatic rings. The lowest BCUT2D eigenvalue weighted by atomic mass is 9.97. The second kappa shape index (κ2) is 14.0. The number of thioether (sulfide) groups is 1. The van der Waals surface area contributed by atoms with Crippen molar-refractivity contribution in [2.24, 2.45) is 5.92 Å². The maximum atomic E-state index is 13.4. The van der Waals surface area contributed by atoms with Crippen LogP contribution in [-0.4, -0.2) is 84.1 Å². The molecule has 2 aliphatic heterocycles. The number of likely N-dealkylation sites (tertiary alicyclic amines) is 1. The molecule has 2 fully saturated rings. The Kier molecular flexibility index (Phi) is 9.90. The highest BCUT2D eigenvalue weighted by Gasteiger charge is 2.30. The molecule has 216 valence electrons. The van der Waals surface area contributed by atoms with Gasteiger partial charge in [0, 0.05) is 62.2 Å². The Morgan fingerprint density at radius 1 is 0.951 bits per heavy atom. The molecular weight excluding hydrogens is 534 g/mol. The van der Waals surface area contributed by atoms with E-state index in [1.54, 1.807) is 16.7 Å². The topological polar surface area (TPSA) is 78.9 Å². The summed E-state index contributed by atoms with van der Waals surface area (Å²) in [5.41, 5.74) is 3.66. The first kappa shape index (κ1) is 29.1. The molecule has 0 saturated carbocycles. The zero-order valence-electron chi connectivity index (χ0n) is 24.0. The van der Waals surface area contributed by atoms with E-state index >= 15 is 0 Å². The van der Waals surface area contributed by atoms with E-state index in [0.29, 0.717) is 31.0 Å². The molecule has 0 N–H and O–H groups in total. The Morgan fingerprint density at radius 3 is 2.51 bits per heavy atom. The van der Waals surface area contributed by atoms with Gasteiger partial charge in [0.25, 0.3) is 5.91 Å². The van der Waals surface area contributed by atoms with E-state index in [2.05, 4.69) is 34.9 Å². The average Bonchev–Trinajstić information content (AvgIpc) is 3.04. The Bertz CT molecular complexity index is 1330. The number of piperazine rings is 1. The van der Waals surface area contributed by atoms with Crippen LogP contribution in [0.4, 0.5) is 5.82 Å². The van der Waals surface area contributed by atoms with Crippen LogP contribution in [0.15, 0.2) is 65.8 Å². The minimum atomic E-state index is -0.250. The lowest BCUT2D eigenvalue weighted by molar-refractivity contribution is -0.149. The Morgan fingerprint density at radius 2 is 1.76 bits per heavy atom. The van der Waals surface area contributed by atoms with E-state index in [4.69, 9.17) is 14.7 Å². The van der Waals surface area contributed by atoms with Gasteiger partial charge in [-0.2, -0.15) is 0 Å². The number of aromatic nitrogens is 2. The largest absolute Gasteiger partial charge is 0.466 e. The van der Waals surface area contributed by atoms with E-state index in [-0.39, 0.29) is 17.8 Å². The predicted octanol–water partition coefficient (Wildman–Crippen LogP) is 4.99. The normalized spacial score (nSPS) is 17.9. The molecule has 0 bridgehead atoms. The molecule has 1 aromatic heterocycles. The fourth-order valence-corrected chi connectivity index (χ4v) is 6.22. The summed E-state index contributed by atoms with van der Waals surface area (Å²) < 4.78 is 5.21. The van der Waals surface area contributed by atoms with Crippen molar-refractivity contribution in [3.8, 4) is 11.3 Å². The quantitative estimate of drug-likeness (QED) is 0.201. The van der Waals surface area contributed by atoms with Gasteiger partial charge in [0.15, 0.2) is 5.16 Å². The number of carbonyl (C=O) groups excluding carboxylic acids is 2. The Hall–Kier alpha value is -3.43. The maximum absolute atomic E-state index is 13.4. The highest BCUT2D eigenvalue weighted by molar-refractivity contribution is 7.98. The summed E-state index contributed by atoms with van der Waals surface area (Å²) in [5, 5.41) is 0.726. The molecule has 41 heavy (non-hydrogen) atoms. The van der Waals surface area contributed by atoms with Crippen molar-refractivity contribution in [2.45, 2.75) is 37.6 Å². The minimum Gasteiger partial charge on any atom is -0.466 e. The van der Waals surface area contributed by atoms with Crippen LogP contribution in [0.2, 0.25) is 0 Å². The molecular formula is C32H39N5O3S. The number of hydrogen-bond donors (Lipinski definition) is 0. The van der Waals surface area contributed by atoms with Crippen molar-refractivity contribution in [1.29, 1.82) is 0 Å². The first-order valence-electron chi connectivity index (χ1n) is 14.6. The van der Waals surface area contributed by atoms with Crippen LogP contribution in [0.1, 0.15) is 42.6 Å². The van der Waals surface area contributed by atoms with Crippen LogP contribution in [-0.2, 0) is 15.3 Å². The molecule has 3 aromatic rings. The summed E-state index contributed by atoms with van der Waals surface area (Å²) in [6, 6.07) is 20.1. The van der Waals surface area contributed by atoms with Gasteiger partial charge in [0.05, 0.1) is 18.2 Å². The molecule has 9 heteroatoms. The fourth-order valence-electron chi connectivity index (χ4n) is 5.43. The van der Waals surface area contributed by atoms with Gasteiger partial charge < -0.3 is 19.4 Å². The second-order valence-corrected chi connectivity index (χ2v) is 11.5. The number of piperidine rings is 1. The number of likely N-dealkylation sites (N-methyl/N-ethyl adjacent to an activating group) is 1. The number of esters is 1. The second-order valence-electron chi connectivity index (χ2n) is 10.5. The van der Waals surface area contributed by atoms with Gasteiger partial charge in [-0.25, -0.2) is 9.97 Å². The number of rotatable bonds is 9. The zero-order chi connectivity index (χ0) is 28.6. The summed E-state index contributed by atoms with van der Waals surface area (Å²) in [5.74, 6) is 1.11. The van der Waals surface area contributed by atoms with Gasteiger partial charge in [-0.15, -0.1) is 0 Å². The van der Waals surface area contributed by atoms with Crippen molar-refractivity contribution in [2.75, 3.05) is 57.3 Å². The predicted molar refractivity (Wildman–Crippen MR) is 163 cm³/mol. The standard InChI is InChI=1S/C32H39N5O3S/c1-3-35-16-18-36(19-17-35)29-21-28(25-11-6-5-7-12-25)33-32(34-29)41-23-24-10-8-13-26(20-24)30(38)37-15-9-14-27(22-37)31(39)40-4-2/h5-8,10-13,20-21,27H,3-4,9,14-19,22-23H2,1-2H3/t27-/m0/s1. The number of ether oxygens (including phenoxy) is 1. The summed E-state index contributed by atoms with van der Waals surface area (Å²) in [4.78, 5) is 42.1. The number of carbonyl (C=O) groups is 2. The van der Waals surface area contributed by atoms with Gasteiger partial charge in [-0.3, -0.25) is 9.59 Å². The molecule has 0 spiro atoms. The zero-order valence-corrected chi connectivity index (χ0v) is 24.8. The van der Waals surface area contributed by atoms with E-state index in [1.807, 2.05) is 49.4 Å². The molecule has 0 radical (unpaired) electrons. The molecule has 2 aromatic carbocycles. The van der Waals surface area contributed by atoms with Gasteiger partial charge >= 0.3 is 5.97 Å². The first-order chi connectivity index (χ1) is 20.0. The van der Waals surface area contributed by atoms with E-state index in [9.17, 15) is 9.59 Å². The molecule has 1 atom stereocenters. The van der Waals surface area contributed by atoms with Gasteiger partial charge in [0.2, 0.25) is 0 Å². The monoisotopic (exact) mass is 573 g/mol. The molecule has 5 rings (SSSR count). The summed E-state index contributed by atoms with van der Waals surface area (Å²) >= 11 is 1.59. The van der Waals surface area contributed by atoms with Crippen LogP contribution in [0.5, 0.6) is 0 Å². The number of amides is 1. The highest BCUT2D eigenvalue weighted by atomic mass is 32.2. The van der Waals surface area contributed by atoms with E-state index < -0.39 is 0 Å². The van der Waals surface area contributed by atoms with Crippen molar-refractivity contribution in [3.05, 3.63) is 71.8 Å². The molecule has 2 saturated heterocycles. The Labute approximate surface area is 247 Å². The summed E-state index contributed by atoms with van der Waals surface area (Å²) in [6.45, 7) is 10.5. The third kappa shape index (κ3) is 7.45. The molecule has 3 heterocycles. The van der Waals surface area contributed by atoms with Crippen LogP contribution in [0.3, 0.4) is 0 Å². The van der Waals surface area contributed by atoms with Crippen LogP contribution >= 0.6 is 11.8 Å². The lowest BCUT2D eigenvalue weighted by Gasteiger charge is -2.35. The number of anilines is 1. The molecule has 0 aliphatic carbocycles. The Balaban J connectivity index is 1.30. The third-order valence-electron chi connectivity index (χ3n) is 7.78. The number of nitrogens with zero attached hydrogens (tertiary/aromatic N) is 5. The smallest absolute Gasteiger partial charge is 0.310 e. The lowest BCUT2D eigenvalue weighted by Crippen LogP contribution is -2.46. The molecule has 0 unspecified atom stereocenters. The van der Waals surface area contributed by atoms with Crippen molar-refractivity contribution in [1.82, 2.24) is 19.8 Å². The van der Waals surface area contributed by atoms with Crippen molar-refractivity contribution >= 4 is 29.5 Å². The number of hydrogen-bond acceptors (Lipinski definition) is 8. The summed E-state index contributed by atoms with van der Waals surface area (Å²) in [6.07, 6.45) is 1.56. The maximum Gasteiger partial charge on any atom is 0.310 e. The van der Waals surface area contributed by atoms with Crippen LogP contribution in [0.25, 0.3) is 11.3 Å². The molecule has 1 amide bonds. The number of benzene rings is 2. The van der Waals surface area contributed by atoms with Gasteiger partial charge in [-0.1, -0.05) is 61.2 Å². The minimum absolute atomic E-state index is 0.0401. The fraction of sp³-hybridized carbons (Fsp3) is 0.438. The third-order valence-corrected chi connectivity index (χ3v) is 8.69. The SMILES string of the molecule is CCOC(=O)[C@H]1CCCN(C(=O)c2cccc(CSc3nc(-c4ccccc4)cc(N4CCN(CC)CC4)n3)c2)C1. The summed E-state index contributed by atoms with van der Waals surface area (Å²) in [7, 11) is 0. The van der Waals surface area contributed by atoms with Gasteiger partial charge in [-0.05, 0) is 44.0 Å². The van der Waals surface area contributed by atoms with Crippen molar-refractivity contribution < 1.29 is 14.3 Å². The van der Waals surface area contributed by atoms with E-state index in [0.717, 1.165) is 73.4 Å².